The Labute approximate surface area is 157 Å². The fourth-order valence-electron chi connectivity index (χ4n) is 3.40. The number of likely N-dealkylation sites (tertiary alicyclic amines) is 1. The van der Waals surface area contributed by atoms with Gasteiger partial charge in [-0.1, -0.05) is 36.8 Å². The lowest BCUT2D eigenvalue weighted by Gasteiger charge is -2.37. The van der Waals surface area contributed by atoms with Crippen molar-refractivity contribution in [1.82, 2.24) is 25.1 Å². The van der Waals surface area contributed by atoms with Gasteiger partial charge in [0.05, 0.1) is 11.6 Å². The molecule has 0 bridgehead atoms. The van der Waals surface area contributed by atoms with Crippen molar-refractivity contribution < 1.29 is 0 Å². The highest BCUT2D eigenvalue weighted by molar-refractivity contribution is 5.85. The van der Waals surface area contributed by atoms with E-state index in [2.05, 4.69) is 79.3 Å². The van der Waals surface area contributed by atoms with E-state index in [0.717, 1.165) is 24.8 Å². The fraction of sp³-hybridized carbons (Fsp3) is 0.632. The van der Waals surface area contributed by atoms with E-state index in [1.165, 1.54) is 24.0 Å². The van der Waals surface area contributed by atoms with Gasteiger partial charge in [-0.15, -0.1) is 17.5 Å². The highest BCUT2D eigenvalue weighted by Gasteiger charge is 2.32. The third-order valence-corrected chi connectivity index (χ3v) is 4.95. The molecule has 0 N–H and O–H groups in total. The lowest BCUT2D eigenvalue weighted by molar-refractivity contribution is 0.145. The van der Waals surface area contributed by atoms with Crippen LogP contribution in [0.5, 0.6) is 0 Å². The highest BCUT2D eigenvalue weighted by atomic mass is 35.5. The summed E-state index contributed by atoms with van der Waals surface area (Å²) in [6, 6.07) is 8.92. The molecule has 1 fully saturated rings. The van der Waals surface area contributed by atoms with Gasteiger partial charge < -0.3 is 0 Å². The Morgan fingerprint density at radius 1 is 1.08 bits per heavy atom. The van der Waals surface area contributed by atoms with E-state index in [4.69, 9.17) is 0 Å². The van der Waals surface area contributed by atoms with E-state index in [1.54, 1.807) is 0 Å². The molecule has 138 valence electrons. The van der Waals surface area contributed by atoms with Crippen molar-refractivity contribution in [3.63, 3.8) is 0 Å². The minimum Gasteiger partial charge on any atom is -0.290 e. The van der Waals surface area contributed by atoms with Crippen LogP contribution < -0.4 is 0 Å². The first-order valence-corrected chi connectivity index (χ1v) is 8.95. The van der Waals surface area contributed by atoms with Crippen LogP contribution in [-0.2, 0) is 5.54 Å². The second kappa shape index (κ2) is 7.83. The number of piperidine rings is 1. The second-order valence-corrected chi connectivity index (χ2v) is 8.15. The SMILES string of the molecule is Cc1ccc(C(c2nnnn2C(C)(C)C)N2CCC(C)CC2)cc1.Cl. The molecule has 1 atom stereocenters. The Morgan fingerprint density at radius 3 is 2.24 bits per heavy atom. The molecule has 1 aliphatic heterocycles. The van der Waals surface area contributed by atoms with Gasteiger partial charge in [0.2, 0.25) is 0 Å². The number of aryl methyl sites for hydroxylation is 1. The molecule has 0 saturated carbocycles. The molecule has 0 aliphatic carbocycles. The van der Waals surface area contributed by atoms with Gasteiger partial charge in [-0.25, -0.2) is 4.68 Å². The number of hydrogen-bond acceptors (Lipinski definition) is 4. The van der Waals surface area contributed by atoms with Crippen molar-refractivity contribution in [3.8, 4) is 0 Å². The average Bonchev–Trinajstić information content (AvgIpc) is 3.01. The lowest BCUT2D eigenvalue weighted by atomic mass is 9.94. The molecule has 1 unspecified atom stereocenters. The molecular formula is C19H30ClN5. The Bertz CT molecular complexity index is 666. The van der Waals surface area contributed by atoms with Crippen LogP contribution in [0.3, 0.4) is 0 Å². The van der Waals surface area contributed by atoms with Crippen LogP contribution in [0.4, 0.5) is 0 Å². The monoisotopic (exact) mass is 363 g/mol. The Morgan fingerprint density at radius 2 is 1.68 bits per heavy atom. The van der Waals surface area contributed by atoms with E-state index in [9.17, 15) is 0 Å². The zero-order valence-corrected chi connectivity index (χ0v) is 16.8. The van der Waals surface area contributed by atoms with Crippen LogP contribution in [0, 0.1) is 12.8 Å². The average molecular weight is 364 g/mol. The minimum absolute atomic E-state index is 0. The Hall–Kier alpha value is -1.46. The normalized spacial score (nSPS) is 18.0. The van der Waals surface area contributed by atoms with Crippen molar-refractivity contribution in [1.29, 1.82) is 0 Å². The third-order valence-electron chi connectivity index (χ3n) is 4.95. The topological polar surface area (TPSA) is 46.8 Å². The maximum Gasteiger partial charge on any atom is 0.173 e. The molecule has 1 aliphatic rings. The zero-order chi connectivity index (χ0) is 17.3. The fourth-order valence-corrected chi connectivity index (χ4v) is 3.40. The predicted molar refractivity (Wildman–Crippen MR) is 103 cm³/mol. The van der Waals surface area contributed by atoms with Crippen molar-refractivity contribution in [3.05, 3.63) is 41.2 Å². The maximum absolute atomic E-state index is 4.44. The molecule has 1 aromatic heterocycles. The summed E-state index contributed by atoms with van der Waals surface area (Å²) in [5.41, 5.74) is 2.42. The Kier molecular flexibility index (Phi) is 6.22. The van der Waals surface area contributed by atoms with Gasteiger partial charge in [0, 0.05) is 0 Å². The quantitative estimate of drug-likeness (QED) is 0.827. The van der Waals surface area contributed by atoms with E-state index in [1.807, 2.05) is 4.68 Å². The summed E-state index contributed by atoms with van der Waals surface area (Å²) in [4.78, 5) is 2.54. The standard InChI is InChI=1S/C19H29N5.ClH/c1-14-6-8-16(9-7-14)17(23-12-10-15(2)11-13-23)18-20-21-22-24(18)19(3,4)5;/h6-9,15,17H,10-13H2,1-5H3;1H. The largest absolute Gasteiger partial charge is 0.290 e. The number of aromatic nitrogens is 4. The molecular weight excluding hydrogens is 334 g/mol. The molecule has 1 aromatic carbocycles. The van der Waals surface area contributed by atoms with Gasteiger partial charge >= 0.3 is 0 Å². The van der Waals surface area contributed by atoms with Gasteiger partial charge in [-0.05, 0) is 75.5 Å². The first kappa shape index (κ1) is 19.9. The second-order valence-electron chi connectivity index (χ2n) is 8.15. The molecule has 3 rings (SSSR count). The van der Waals surface area contributed by atoms with E-state index in [-0.39, 0.29) is 24.0 Å². The van der Waals surface area contributed by atoms with E-state index >= 15 is 0 Å². The summed E-state index contributed by atoms with van der Waals surface area (Å²) in [6.07, 6.45) is 2.47. The van der Waals surface area contributed by atoms with Crippen molar-refractivity contribution in [2.45, 2.75) is 59.0 Å². The van der Waals surface area contributed by atoms with Crippen molar-refractivity contribution in [2.24, 2.45) is 5.92 Å². The maximum atomic E-state index is 4.44. The lowest BCUT2D eigenvalue weighted by Crippen LogP contribution is -2.39. The summed E-state index contributed by atoms with van der Waals surface area (Å²) < 4.78 is 1.98. The Balaban J connectivity index is 0.00000225. The summed E-state index contributed by atoms with van der Waals surface area (Å²) in [5, 5.41) is 12.7. The number of tetrazole rings is 1. The zero-order valence-electron chi connectivity index (χ0n) is 15.9. The number of rotatable bonds is 3. The highest BCUT2D eigenvalue weighted by Crippen LogP contribution is 2.32. The smallest absolute Gasteiger partial charge is 0.173 e. The van der Waals surface area contributed by atoms with Crippen LogP contribution in [-0.4, -0.2) is 38.2 Å². The number of benzene rings is 1. The number of halogens is 1. The number of hydrogen-bond donors (Lipinski definition) is 0. The van der Waals surface area contributed by atoms with Crippen LogP contribution in [0.25, 0.3) is 0 Å². The molecule has 6 heteroatoms. The molecule has 0 radical (unpaired) electrons. The van der Waals surface area contributed by atoms with Crippen LogP contribution in [0.15, 0.2) is 24.3 Å². The van der Waals surface area contributed by atoms with Crippen molar-refractivity contribution in [2.75, 3.05) is 13.1 Å². The summed E-state index contributed by atoms with van der Waals surface area (Å²) in [6.45, 7) is 13.1. The molecule has 25 heavy (non-hydrogen) atoms. The van der Waals surface area contributed by atoms with E-state index < -0.39 is 0 Å². The van der Waals surface area contributed by atoms with E-state index in [0.29, 0.717) is 0 Å². The molecule has 2 aromatic rings. The number of nitrogens with zero attached hydrogens (tertiary/aromatic N) is 5. The first-order valence-electron chi connectivity index (χ1n) is 8.95. The molecule has 0 spiro atoms. The van der Waals surface area contributed by atoms with Gasteiger partial charge in [0.25, 0.3) is 0 Å². The van der Waals surface area contributed by atoms with Crippen LogP contribution in [0.2, 0.25) is 0 Å². The van der Waals surface area contributed by atoms with Crippen LogP contribution >= 0.6 is 12.4 Å². The minimum atomic E-state index is -0.134. The first-order chi connectivity index (χ1) is 11.4. The van der Waals surface area contributed by atoms with Gasteiger partial charge in [0.15, 0.2) is 5.82 Å². The summed E-state index contributed by atoms with van der Waals surface area (Å²) >= 11 is 0. The third kappa shape index (κ3) is 4.39. The summed E-state index contributed by atoms with van der Waals surface area (Å²) in [7, 11) is 0. The van der Waals surface area contributed by atoms with Crippen LogP contribution in [0.1, 0.15) is 63.5 Å². The van der Waals surface area contributed by atoms with Gasteiger partial charge in [-0.3, -0.25) is 4.90 Å². The molecule has 2 heterocycles. The molecule has 1 saturated heterocycles. The predicted octanol–water partition coefficient (Wildman–Crippen LogP) is 3.98. The van der Waals surface area contributed by atoms with Gasteiger partial charge in [-0.2, -0.15) is 0 Å². The van der Waals surface area contributed by atoms with Gasteiger partial charge in [0.1, 0.15) is 0 Å². The summed E-state index contributed by atoms with van der Waals surface area (Å²) in [5.74, 6) is 1.75. The molecule has 0 amide bonds. The molecule has 5 nitrogen and oxygen atoms in total. The van der Waals surface area contributed by atoms with Crippen molar-refractivity contribution >= 4 is 12.4 Å².